The molecule has 0 aromatic heterocycles. The summed E-state index contributed by atoms with van der Waals surface area (Å²) < 4.78 is 15.3. The third-order valence-corrected chi connectivity index (χ3v) is 4.58. The number of nitrogens with zero attached hydrogens (tertiary/aromatic N) is 1. The number of esters is 1. The fraction of sp³-hybridized carbons (Fsp3) is 0.238. The number of ether oxygens (including phenoxy) is 3. The van der Waals surface area contributed by atoms with Crippen molar-refractivity contribution < 1.29 is 33.4 Å². The lowest BCUT2D eigenvalue weighted by Gasteiger charge is -2.20. The normalized spacial score (nSPS) is 13.5. The first-order valence-corrected chi connectivity index (χ1v) is 9.02. The molecule has 3 amide bonds. The highest BCUT2D eigenvalue weighted by molar-refractivity contribution is 6.22. The highest BCUT2D eigenvalue weighted by Gasteiger charge is 2.41. The van der Waals surface area contributed by atoms with E-state index in [4.69, 9.17) is 14.2 Å². The summed E-state index contributed by atoms with van der Waals surface area (Å²) in [7, 11) is 2.93. The van der Waals surface area contributed by atoms with Crippen LogP contribution >= 0.6 is 0 Å². The average molecular weight is 412 g/mol. The number of hydrogen-bond acceptors (Lipinski definition) is 7. The molecule has 156 valence electrons. The molecule has 1 aliphatic rings. The predicted molar refractivity (Wildman–Crippen MR) is 106 cm³/mol. The summed E-state index contributed by atoms with van der Waals surface area (Å²) in [6, 6.07) is 9.95. The topological polar surface area (TPSA) is 111 Å². The molecule has 9 nitrogen and oxygen atoms in total. The lowest BCUT2D eigenvalue weighted by Crippen LogP contribution is -2.44. The second-order valence-electron chi connectivity index (χ2n) is 6.42. The van der Waals surface area contributed by atoms with Crippen LogP contribution in [0.1, 0.15) is 27.6 Å². The van der Waals surface area contributed by atoms with Crippen molar-refractivity contribution in [2.75, 3.05) is 26.1 Å². The Morgan fingerprint density at radius 1 is 1.00 bits per heavy atom. The molecule has 0 radical (unpaired) electrons. The highest BCUT2D eigenvalue weighted by atomic mass is 16.5. The van der Waals surface area contributed by atoms with Crippen molar-refractivity contribution >= 4 is 29.4 Å². The van der Waals surface area contributed by atoms with Gasteiger partial charge < -0.3 is 19.5 Å². The summed E-state index contributed by atoms with van der Waals surface area (Å²) >= 11 is 0. The molecule has 30 heavy (non-hydrogen) atoms. The minimum Gasteiger partial charge on any atom is -0.497 e. The minimum absolute atomic E-state index is 0.227. The zero-order chi connectivity index (χ0) is 21.8. The number of anilines is 1. The van der Waals surface area contributed by atoms with E-state index in [1.54, 1.807) is 30.3 Å². The van der Waals surface area contributed by atoms with Gasteiger partial charge >= 0.3 is 5.97 Å². The van der Waals surface area contributed by atoms with E-state index in [2.05, 4.69) is 5.32 Å². The lowest BCUT2D eigenvalue weighted by atomic mass is 10.1. The van der Waals surface area contributed by atoms with Crippen molar-refractivity contribution in [1.29, 1.82) is 0 Å². The van der Waals surface area contributed by atoms with Gasteiger partial charge in [0.05, 0.1) is 31.0 Å². The summed E-state index contributed by atoms with van der Waals surface area (Å²) in [6.07, 6.45) is 0. The SMILES string of the molecule is COc1ccc(OC)c(NC(=O)COC(=O)[C@H](C)N2C(=O)c3ccccc3C2=O)c1. The molecule has 1 N–H and O–H groups in total. The molecule has 0 unspecified atom stereocenters. The minimum atomic E-state index is -1.18. The first-order chi connectivity index (χ1) is 14.4. The van der Waals surface area contributed by atoms with Crippen molar-refractivity contribution in [2.24, 2.45) is 0 Å². The molecule has 0 saturated carbocycles. The van der Waals surface area contributed by atoms with Gasteiger partial charge in [-0.2, -0.15) is 0 Å². The number of amides is 3. The van der Waals surface area contributed by atoms with Crippen LogP contribution < -0.4 is 14.8 Å². The first kappa shape index (κ1) is 20.8. The zero-order valence-corrected chi connectivity index (χ0v) is 16.6. The van der Waals surface area contributed by atoms with Gasteiger partial charge in [-0.25, -0.2) is 4.79 Å². The van der Waals surface area contributed by atoms with Gasteiger partial charge in [0.1, 0.15) is 17.5 Å². The van der Waals surface area contributed by atoms with Crippen LogP contribution in [-0.2, 0) is 14.3 Å². The second-order valence-corrected chi connectivity index (χ2v) is 6.42. The molecule has 0 saturated heterocycles. The quantitative estimate of drug-likeness (QED) is 0.546. The van der Waals surface area contributed by atoms with Crippen molar-refractivity contribution in [3.63, 3.8) is 0 Å². The van der Waals surface area contributed by atoms with Gasteiger partial charge in [0, 0.05) is 6.07 Å². The fourth-order valence-electron chi connectivity index (χ4n) is 3.02. The summed E-state index contributed by atoms with van der Waals surface area (Å²) in [4.78, 5) is 50.3. The van der Waals surface area contributed by atoms with Crippen LogP contribution in [0, 0.1) is 0 Å². The Kier molecular flexibility index (Phi) is 6.01. The van der Waals surface area contributed by atoms with Crippen molar-refractivity contribution in [3.05, 3.63) is 53.6 Å². The second kappa shape index (κ2) is 8.64. The third kappa shape index (κ3) is 3.95. The molecule has 9 heteroatoms. The Morgan fingerprint density at radius 2 is 1.63 bits per heavy atom. The molecule has 1 aliphatic heterocycles. The van der Waals surface area contributed by atoms with E-state index in [0.717, 1.165) is 4.90 Å². The number of hydrogen-bond donors (Lipinski definition) is 1. The molecule has 2 aromatic rings. The maximum atomic E-state index is 12.5. The monoisotopic (exact) mass is 412 g/mol. The summed E-state index contributed by atoms with van der Waals surface area (Å²) in [5, 5.41) is 2.56. The highest BCUT2D eigenvalue weighted by Crippen LogP contribution is 2.29. The van der Waals surface area contributed by atoms with Gasteiger partial charge in [0.25, 0.3) is 17.7 Å². The number of benzene rings is 2. The number of fused-ring (bicyclic) bond motifs is 1. The number of carbonyl (C=O) groups is 4. The molecular weight excluding hydrogens is 392 g/mol. The standard InChI is InChI=1S/C21H20N2O7/c1-12(23-19(25)14-6-4-5-7-15(14)20(23)26)21(27)30-11-18(24)22-16-10-13(28-2)8-9-17(16)29-3/h4-10,12H,11H2,1-3H3,(H,22,24)/t12-/m0/s1. The molecule has 0 fully saturated rings. The van der Waals surface area contributed by atoms with Crippen LogP contribution in [0.5, 0.6) is 11.5 Å². The molecule has 0 aliphatic carbocycles. The van der Waals surface area contributed by atoms with Crippen LogP contribution in [0.15, 0.2) is 42.5 Å². The Bertz CT molecular complexity index is 983. The van der Waals surface area contributed by atoms with E-state index < -0.39 is 36.3 Å². The van der Waals surface area contributed by atoms with Crippen molar-refractivity contribution in [1.82, 2.24) is 4.90 Å². The van der Waals surface area contributed by atoms with E-state index in [1.165, 1.54) is 33.3 Å². The number of methoxy groups -OCH3 is 2. The molecule has 2 aromatic carbocycles. The molecule has 0 spiro atoms. The Balaban J connectivity index is 1.61. The summed E-state index contributed by atoms with van der Waals surface area (Å²) in [5.74, 6) is -1.75. The fourth-order valence-corrected chi connectivity index (χ4v) is 3.02. The number of imide groups is 1. The lowest BCUT2D eigenvalue weighted by molar-refractivity contribution is -0.150. The van der Waals surface area contributed by atoms with E-state index in [9.17, 15) is 19.2 Å². The maximum Gasteiger partial charge on any atom is 0.329 e. The molecule has 1 heterocycles. The van der Waals surface area contributed by atoms with Gasteiger partial charge in [-0.05, 0) is 31.2 Å². The van der Waals surface area contributed by atoms with Crippen LogP contribution in [0.2, 0.25) is 0 Å². The van der Waals surface area contributed by atoms with E-state index in [0.29, 0.717) is 17.2 Å². The van der Waals surface area contributed by atoms with Gasteiger partial charge in [0.2, 0.25) is 0 Å². The largest absolute Gasteiger partial charge is 0.497 e. The van der Waals surface area contributed by atoms with Gasteiger partial charge in [-0.3, -0.25) is 19.3 Å². The molecule has 3 rings (SSSR count). The van der Waals surface area contributed by atoms with Crippen molar-refractivity contribution in [3.8, 4) is 11.5 Å². The Morgan fingerprint density at radius 3 is 2.20 bits per heavy atom. The average Bonchev–Trinajstić information content (AvgIpc) is 3.01. The number of carbonyl (C=O) groups excluding carboxylic acids is 4. The van der Waals surface area contributed by atoms with E-state index in [-0.39, 0.29) is 11.1 Å². The van der Waals surface area contributed by atoms with Crippen molar-refractivity contribution in [2.45, 2.75) is 13.0 Å². The Labute approximate surface area is 172 Å². The van der Waals surface area contributed by atoms with Crippen LogP contribution in [0.25, 0.3) is 0 Å². The number of rotatable bonds is 7. The van der Waals surface area contributed by atoms with Gasteiger partial charge in [-0.1, -0.05) is 12.1 Å². The predicted octanol–water partition coefficient (Wildman–Crippen LogP) is 1.87. The van der Waals surface area contributed by atoms with Gasteiger partial charge in [-0.15, -0.1) is 0 Å². The molecular formula is C21H20N2O7. The zero-order valence-electron chi connectivity index (χ0n) is 16.6. The first-order valence-electron chi connectivity index (χ1n) is 9.02. The van der Waals surface area contributed by atoms with Gasteiger partial charge in [0.15, 0.2) is 6.61 Å². The Hall–Kier alpha value is -3.88. The molecule has 0 bridgehead atoms. The van der Waals surface area contributed by atoms with Crippen LogP contribution in [0.4, 0.5) is 5.69 Å². The third-order valence-electron chi connectivity index (χ3n) is 4.58. The summed E-state index contributed by atoms with van der Waals surface area (Å²) in [5.41, 5.74) is 0.793. The van der Waals surface area contributed by atoms with Crippen LogP contribution in [0.3, 0.4) is 0 Å². The number of nitrogens with one attached hydrogen (secondary N) is 1. The smallest absolute Gasteiger partial charge is 0.329 e. The van der Waals surface area contributed by atoms with Crippen LogP contribution in [-0.4, -0.2) is 55.5 Å². The summed E-state index contributed by atoms with van der Waals surface area (Å²) in [6.45, 7) is 0.764. The van der Waals surface area contributed by atoms with E-state index in [1.807, 2.05) is 0 Å². The van der Waals surface area contributed by atoms with E-state index >= 15 is 0 Å². The molecule has 1 atom stereocenters. The maximum absolute atomic E-state index is 12.5.